The van der Waals surface area contributed by atoms with Crippen molar-refractivity contribution in [3.63, 3.8) is 0 Å². The second-order valence-electron chi connectivity index (χ2n) is 7.17. The lowest BCUT2D eigenvalue weighted by atomic mass is 10.1. The predicted molar refractivity (Wildman–Crippen MR) is 127 cm³/mol. The van der Waals surface area contributed by atoms with Crippen LogP contribution in [0.1, 0.15) is 5.56 Å². The van der Waals surface area contributed by atoms with Crippen LogP contribution in [0.5, 0.6) is 5.75 Å². The zero-order chi connectivity index (χ0) is 21.6. The summed E-state index contributed by atoms with van der Waals surface area (Å²) in [6.07, 6.45) is 3.43. The summed E-state index contributed by atoms with van der Waals surface area (Å²) < 4.78 is 5.22. The van der Waals surface area contributed by atoms with E-state index >= 15 is 0 Å². The summed E-state index contributed by atoms with van der Waals surface area (Å²) in [6.45, 7) is 3.84. The second-order valence-corrected chi connectivity index (χ2v) is 8.39. The summed E-state index contributed by atoms with van der Waals surface area (Å²) in [5, 5.41) is 5.80. The molecule has 1 saturated heterocycles. The molecule has 2 heterocycles. The summed E-state index contributed by atoms with van der Waals surface area (Å²) >= 11 is 1.96. The lowest BCUT2D eigenvalue weighted by Crippen LogP contribution is -2.33. The number of urea groups is 1. The minimum atomic E-state index is -0.308. The Bertz CT molecular complexity index is 1070. The smallest absolute Gasteiger partial charge is 0.323 e. The minimum Gasteiger partial charge on any atom is -0.497 e. The van der Waals surface area contributed by atoms with Gasteiger partial charge in [0.1, 0.15) is 11.4 Å². The Hall–Kier alpha value is -3.26. The molecule has 1 aliphatic heterocycles. The van der Waals surface area contributed by atoms with Crippen molar-refractivity contribution in [1.29, 1.82) is 0 Å². The molecule has 0 unspecified atom stereocenters. The number of aromatic nitrogens is 2. The highest BCUT2D eigenvalue weighted by Crippen LogP contribution is 2.30. The molecule has 7 nitrogen and oxygen atoms in total. The van der Waals surface area contributed by atoms with Crippen molar-refractivity contribution >= 4 is 35.0 Å². The number of carbonyl (C=O) groups excluding carboxylic acids is 1. The number of anilines is 3. The molecule has 0 aliphatic carbocycles. The lowest BCUT2D eigenvalue weighted by Gasteiger charge is -2.28. The van der Waals surface area contributed by atoms with Crippen LogP contribution in [0.15, 0.2) is 54.9 Å². The molecule has 4 rings (SSSR count). The molecule has 1 aliphatic rings. The number of hydrogen-bond acceptors (Lipinski definition) is 6. The first-order valence-electron chi connectivity index (χ1n) is 10.1. The van der Waals surface area contributed by atoms with E-state index in [4.69, 9.17) is 4.74 Å². The van der Waals surface area contributed by atoms with E-state index in [1.165, 1.54) is 0 Å². The summed E-state index contributed by atoms with van der Waals surface area (Å²) in [5.41, 5.74) is 4.08. The first-order chi connectivity index (χ1) is 15.1. The molecule has 2 aromatic carbocycles. The molecule has 1 aromatic heterocycles. The standard InChI is InChI=1S/C23H25N5O2S/c1-16-14-19(30-2)6-7-20(16)27-23(29)26-18-5-3-4-17(15-18)21-22(25-9-8-24-21)28-10-12-31-13-11-28/h3-9,14-15H,10-13H2,1-2H3,(H2,26,27,29). The maximum absolute atomic E-state index is 12.6. The number of amides is 2. The van der Waals surface area contributed by atoms with Gasteiger partial charge in [-0.15, -0.1) is 0 Å². The van der Waals surface area contributed by atoms with Crippen LogP contribution in [0.25, 0.3) is 11.3 Å². The van der Waals surface area contributed by atoms with Gasteiger partial charge in [-0.2, -0.15) is 11.8 Å². The van der Waals surface area contributed by atoms with Crippen LogP contribution >= 0.6 is 11.8 Å². The van der Waals surface area contributed by atoms with Crippen LogP contribution in [-0.4, -0.2) is 47.7 Å². The highest BCUT2D eigenvalue weighted by Gasteiger charge is 2.18. The van der Waals surface area contributed by atoms with E-state index in [-0.39, 0.29) is 6.03 Å². The molecule has 2 amide bonds. The number of rotatable bonds is 5. The van der Waals surface area contributed by atoms with Crippen LogP contribution in [-0.2, 0) is 0 Å². The summed E-state index contributed by atoms with van der Waals surface area (Å²) in [7, 11) is 1.62. The first kappa shape index (κ1) is 21.0. The van der Waals surface area contributed by atoms with E-state index < -0.39 is 0 Å². The summed E-state index contributed by atoms with van der Waals surface area (Å²) in [6, 6.07) is 12.9. The van der Waals surface area contributed by atoms with E-state index in [2.05, 4.69) is 25.5 Å². The monoisotopic (exact) mass is 435 g/mol. The topological polar surface area (TPSA) is 79.4 Å². The molecule has 0 radical (unpaired) electrons. The summed E-state index contributed by atoms with van der Waals surface area (Å²) in [5.74, 6) is 3.81. The molecular formula is C23H25N5O2S. The van der Waals surface area contributed by atoms with Crippen molar-refractivity contribution in [3.05, 3.63) is 60.4 Å². The van der Waals surface area contributed by atoms with Gasteiger partial charge in [-0.05, 0) is 42.8 Å². The lowest BCUT2D eigenvalue weighted by molar-refractivity contribution is 0.262. The van der Waals surface area contributed by atoms with Crippen molar-refractivity contribution in [1.82, 2.24) is 9.97 Å². The van der Waals surface area contributed by atoms with Gasteiger partial charge in [0.05, 0.1) is 7.11 Å². The highest BCUT2D eigenvalue weighted by atomic mass is 32.2. The number of thioether (sulfide) groups is 1. The predicted octanol–water partition coefficient (Wildman–Crippen LogP) is 4.66. The van der Waals surface area contributed by atoms with Crippen LogP contribution in [0.4, 0.5) is 22.0 Å². The Labute approximate surface area is 186 Å². The number of hydrogen-bond donors (Lipinski definition) is 2. The number of ether oxygens (including phenoxy) is 1. The first-order valence-corrected chi connectivity index (χ1v) is 11.3. The number of carbonyl (C=O) groups is 1. The van der Waals surface area contributed by atoms with Gasteiger partial charge in [0.25, 0.3) is 0 Å². The van der Waals surface area contributed by atoms with Gasteiger partial charge in [-0.3, -0.25) is 4.98 Å². The molecule has 0 saturated carbocycles. The molecule has 160 valence electrons. The van der Waals surface area contributed by atoms with Crippen molar-refractivity contribution in [2.75, 3.05) is 47.2 Å². The molecule has 31 heavy (non-hydrogen) atoms. The molecular weight excluding hydrogens is 410 g/mol. The van der Waals surface area contributed by atoms with Crippen molar-refractivity contribution in [2.45, 2.75) is 6.92 Å². The van der Waals surface area contributed by atoms with Crippen molar-refractivity contribution in [3.8, 4) is 17.0 Å². The number of methoxy groups -OCH3 is 1. The maximum Gasteiger partial charge on any atom is 0.323 e. The third kappa shape index (κ3) is 5.08. The number of nitrogens with zero attached hydrogens (tertiary/aromatic N) is 3. The van der Waals surface area contributed by atoms with Gasteiger partial charge < -0.3 is 20.3 Å². The molecule has 0 spiro atoms. The fourth-order valence-electron chi connectivity index (χ4n) is 3.47. The molecule has 1 fully saturated rings. The fraction of sp³-hybridized carbons (Fsp3) is 0.261. The highest BCUT2D eigenvalue weighted by molar-refractivity contribution is 7.99. The molecule has 0 bridgehead atoms. The zero-order valence-electron chi connectivity index (χ0n) is 17.6. The Kier molecular flexibility index (Phi) is 6.57. The molecule has 0 atom stereocenters. The second kappa shape index (κ2) is 9.70. The molecule has 3 aromatic rings. The SMILES string of the molecule is COc1ccc(NC(=O)Nc2cccc(-c3nccnc3N3CCSCC3)c2)c(C)c1. The Morgan fingerprint density at radius 2 is 1.87 bits per heavy atom. The van der Waals surface area contributed by atoms with Crippen LogP contribution in [0.2, 0.25) is 0 Å². The average Bonchev–Trinajstić information content (AvgIpc) is 2.81. The summed E-state index contributed by atoms with van der Waals surface area (Å²) in [4.78, 5) is 24.0. The van der Waals surface area contributed by atoms with Gasteiger partial charge in [0.15, 0.2) is 5.82 Å². The quantitative estimate of drug-likeness (QED) is 0.607. The van der Waals surface area contributed by atoms with Gasteiger partial charge in [0.2, 0.25) is 0 Å². The molecule has 2 N–H and O–H groups in total. The van der Waals surface area contributed by atoms with E-state index in [0.717, 1.165) is 58.7 Å². The third-order valence-electron chi connectivity index (χ3n) is 5.07. The van der Waals surface area contributed by atoms with E-state index in [9.17, 15) is 4.79 Å². The number of nitrogens with one attached hydrogen (secondary N) is 2. The van der Waals surface area contributed by atoms with Gasteiger partial charge in [0, 0.05) is 53.9 Å². The largest absolute Gasteiger partial charge is 0.497 e. The van der Waals surface area contributed by atoms with Gasteiger partial charge >= 0.3 is 6.03 Å². The maximum atomic E-state index is 12.6. The Balaban J connectivity index is 1.51. The third-order valence-corrected chi connectivity index (χ3v) is 6.01. The number of aryl methyl sites for hydroxylation is 1. The Morgan fingerprint density at radius 3 is 2.65 bits per heavy atom. The molecule has 8 heteroatoms. The number of benzene rings is 2. The van der Waals surface area contributed by atoms with Crippen LogP contribution in [0, 0.1) is 6.92 Å². The van der Waals surface area contributed by atoms with Crippen molar-refractivity contribution < 1.29 is 9.53 Å². The van der Waals surface area contributed by atoms with Crippen LogP contribution in [0.3, 0.4) is 0 Å². The zero-order valence-corrected chi connectivity index (χ0v) is 18.4. The van der Waals surface area contributed by atoms with E-state index in [0.29, 0.717) is 5.69 Å². The van der Waals surface area contributed by atoms with Gasteiger partial charge in [-0.25, -0.2) is 9.78 Å². The average molecular weight is 436 g/mol. The van der Waals surface area contributed by atoms with E-state index in [1.54, 1.807) is 19.5 Å². The normalized spacial score (nSPS) is 13.5. The fourth-order valence-corrected chi connectivity index (χ4v) is 4.38. The van der Waals surface area contributed by atoms with Gasteiger partial charge in [-0.1, -0.05) is 12.1 Å². The van der Waals surface area contributed by atoms with Crippen LogP contribution < -0.4 is 20.3 Å². The minimum absolute atomic E-state index is 0.308. The van der Waals surface area contributed by atoms with Crippen molar-refractivity contribution in [2.24, 2.45) is 0 Å². The van der Waals surface area contributed by atoms with E-state index in [1.807, 2.05) is 61.2 Å². The Morgan fingerprint density at radius 1 is 1.06 bits per heavy atom.